The molecule has 1 aliphatic heterocycles. The van der Waals surface area contributed by atoms with Crippen molar-refractivity contribution < 1.29 is 21.6 Å². The minimum absolute atomic E-state index is 0.0252. The summed E-state index contributed by atoms with van der Waals surface area (Å²) in [5, 5.41) is 3.05. The van der Waals surface area contributed by atoms with Crippen LogP contribution in [-0.4, -0.2) is 26.8 Å². The lowest BCUT2D eigenvalue weighted by atomic mass is 10.1. The van der Waals surface area contributed by atoms with Crippen LogP contribution in [0.2, 0.25) is 0 Å². The van der Waals surface area contributed by atoms with Crippen LogP contribution >= 0.6 is 0 Å². The Balaban J connectivity index is 2.17. The lowest BCUT2D eigenvalue weighted by Crippen LogP contribution is -2.33. The average molecular weight is 322 g/mol. The molecule has 1 heterocycles. The monoisotopic (exact) mass is 322 g/mol. The standard InChI is InChI=1S/C13H17F3N2O2S/c1-9-4-5-10(13(14,15)16)7-12(9)18-21(19,20)8-11-3-2-6-17-11/h4-5,7,11,17-18H,2-3,6,8H2,1H3. The van der Waals surface area contributed by atoms with Crippen LogP contribution in [0.4, 0.5) is 18.9 Å². The smallest absolute Gasteiger partial charge is 0.313 e. The second-order valence-corrected chi connectivity index (χ2v) is 6.97. The summed E-state index contributed by atoms with van der Waals surface area (Å²) in [6, 6.07) is 2.88. The number of aryl methyl sites for hydroxylation is 1. The zero-order valence-electron chi connectivity index (χ0n) is 11.5. The fourth-order valence-corrected chi connectivity index (χ4v) is 3.73. The maximum atomic E-state index is 12.7. The Bertz CT molecular complexity index is 608. The minimum Gasteiger partial charge on any atom is -0.313 e. The predicted molar refractivity (Wildman–Crippen MR) is 74.6 cm³/mol. The van der Waals surface area contributed by atoms with E-state index in [2.05, 4.69) is 10.0 Å². The first-order chi connectivity index (χ1) is 9.67. The maximum Gasteiger partial charge on any atom is 0.416 e. The van der Waals surface area contributed by atoms with E-state index in [0.29, 0.717) is 5.56 Å². The third kappa shape index (κ3) is 4.34. The molecule has 4 nitrogen and oxygen atoms in total. The van der Waals surface area contributed by atoms with Crippen LogP contribution in [0.15, 0.2) is 18.2 Å². The summed E-state index contributed by atoms with van der Waals surface area (Å²) >= 11 is 0. The van der Waals surface area contributed by atoms with Gasteiger partial charge in [-0.2, -0.15) is 13.2 Å². The second-order valence-electron chi connectivity index (χ2n) is 5.20. The molecule has 1 aliphatic rings. The van der Waals surface area contributed by atoms with E-state index in [1.165, 1.54) is 6.07 Å². The normalized spacial score (nSPS) is 19.7. The molecular formula is C13H17F3N2O2S. The number of hydrogen-bond acceptors (Lipinski definition) is 3. The fraction of sp³-hybridized carbons (Fsp3) is 0.538. The van der Waals surface area contributed by atoms with Crippen LogP contribution in [0.25, 0.3) is 0 Å². The van der Waals surface area contributed by atoms with E-state index < -0.39 is 21.8 Å². The molecule has 1 fully saturated rings. The van der Waals surface area contributed by atoms with Crippen molar-refractivity contribution >= 4 is 15.7 Å². The van der Waals surface area contributed by atoms with Crippen molar-refractivity contribution in [3.05, 3.63) is 29.3 Å². The molecule has 0 radical (unpaired) electrons. The Morgan fingerprint density at radius 1 is 1.38 bits per heavy atom. The molecule has 21 heavy (non-hydrogen) atoms. The van der Waals surface area contributed by atoms with Gasteiger partial charge in [-0.1, -0.05) is 6.07 Å². The number of halogens is 3. The number of alkyl halides is 3. The van der Waals surface area contributed by atoms with Crippen LogP contribution in [0.3, 0.4) is 0 Å². The van der Waals surface area contributed by atoms with E-state index in [-0.39, 0.29) is 17.5 Å². The number of nitrogens with one attached hydrogen (secondary N) is 2. The second kappa shape index (κ2) is 5.84. The predicted octanol–water partition coefficient (Wildman–Crippen LogP) is 2.51. The summed E-state index contributed by atoms with van der Waals surface area (Å²) in [5.74, 6) is -0.136. The minimum atomic E-state index is -4.50. The van der Waals surface area contributed by atoms with Gasteiger partial charge >= 0.3 is 6.18 Å². The molecular weight excluding hydrogens is 305 g/mol. The Kier molecular flexibility index (Phi) is 4.48. The number of benzene rings is 1. The van der Waals surface area contributed by atoms with Gasteiger partial charge in [-0.15, -0.1) is 0 Å². The van der Waals surface area contributed by atoms with E-state index >= 15 is 0 Å². The van der Waals surface area contributed by atoms with Crippen molar-refractivity contribution in [2.75, 3.05) is 17.0 Å². The third-order valence-electron chi connectivity index (χ3n) is 3.41. The zero-order chi connectivity index (χ0) is 15.7. The Morgan fingerprint density at radius 2 is 2.10 bits per heavy atom. The van der Waals surface area contributed by atoms with Gasteiger partial charge in [0.25, 0.3) is 0 Å². The summed E-state index contributed by atoms with van der Waals surface area (Å²) in [4.78, 5) is 0. The van der Waals surface area contributed by atoms with Gasteiger partial charge in [0.1, 0.15) is 0 Å². The molecule has 2 N–H and O–H groups in total. The molecule has 0 bridgehead atoms. The molecule has 0 aliphatic carbocycles. The number of sulfonamides is 1. The molecule has 0 amide bonds. The topological polar surface area (TPSA) is 58.2 Å². The molecule has 8 heteroatoms. The first kappa shape index (κ1) is 16.1. The molecule has 1 atom stereocenters. The fourth-order valence-electron chi connectivity index (χ4n) is 2.28. The number of rotatable bonds is 4. The molecule has 1 unspecified atom stereocenters. The molecule has 1 aromatic carbocycles. The van der Waals surface area contributed by atoms with Gasteiger partial charge in [0.05, 0.1) is 17.0 Å². The highest BCUT2D eigenvalue weighted by Gasteiger charge is 2.31. The lowest BCUT2D eigenvalue weighted by molar-refractivity contribution is -0.137. The molecule has 1 saturated heterocycles. The lowest BCUT2D eigenvalue weighted by Gasteiger charge is -2.15. The highest BCUT2D eigenvalue weighted by atomic mass is 32.2. The van der Waals surface area contributed by atoms with E-state index in [1.807, 2.05) is 0 Å². The van der Waals surface area contributed by atoms with E-state index in [1.54, 1.807) is 6.92 Å². The first-order valence-corrected chi connectivity index (χ1v) is 8.24. The van der Waals surface area contributed by atoms with Crippen LogP contribution < -0.4 is 10.0 Å². The van der Waals surface area contributed by atoms with Crippen molar-refractivity contribution in [2.45, 2.75) is 32.0 Å². The molecule has 0 spiro atoms. The molecule has 2 rings (SSSR count). The largest absolute Gasteiger partial charge is 0.416 e. The summed E-state index contributed by atoms with van der Waals surface area (Å²) in [7, 11) is -3.68. The summed E-state index contributed by atoms with van der Waals surface area (Å²) in [6.07, 6.45) is -2.84. The number of anilines is 1. The van der Waals surface area contributed by atoms with Gasteiger partial charge in [-0.05, 0) is 44.0 Å². The van der Waals surface area contributed by atoms with Gasteiger partial charge < -0.3 is 5.32 Å². The first-order valence-electron chi connectivity index (χ1n) is 6.59. The highest BCUT2D eigenvalue weighted by molar-refractivity contribution is 7.92. The van der Waals surface area contributed by atoms with Crippen LogP contribution in [0.5, 0.6) is 0 Å². The van der Waals surface area contributed by atoms with Crippen LogP contribution in [0.1, 0.15) is 24.0 Å². The number of hydrogen-bond donors (Lipinski definition) is 2. The summed E-state index contributed by atoms with van der Waals surface area (Å²) < 4.78 is 64.4. The quantitative estimate of drug-likeness (QED) is 0.895. The van der Waals surface area contributed by atoms with Gasteiger partial charge in [0.15, 0.2) is 0 Å². The maximum absolute atomic E-state index is 12.7. The molecule has 0 saturated carbocycles. The average Bonchev–Trinajstić information content (AvgIpc) is 2.82. The van der Waals surface area contributed by atoms with Crippen molar-refractivity contribution in [2.24, 2.45) is 0 Å². The van der Waals surface area contributed by atoms with Gasteiger partial charge in [0, 0.05) is 6.04 Å². The highest BCUT2D eigenvalue weighted by Crippen LogP contribution is 2.32. The van der Waals surface area contributed by atoms with Crippen molar-refractivity contribution in [3.8, 4) is 0 Å². The van der Waals surface area contributed by atoms with Crippen molar-refractivity contribution in [1.82, 2.24) is 5.32 Å². The van der Waals surface area contributed by atoms with E-state index in [0.717, 1.165) is 31.5 Å². The van der Waals surface area contributed by atoms with Gasteiger partial charge in [-0.3, -0.25) is 4.72 Å². The SMILES string of the molecule is Cc1ccc(C(F)(F)F)cc1NS(=O)(=O)CC1CCCN1. The Morgan fingerprint density at radius 3 is 2.67 bits per heavy atom. The zero-order valence-corrected chi connectivity index (χ0v) is 12.3. The van der Waals surface area contributed by atoms with Crippen LogP contribution in [-0.2, 0) is 16.2 Å². The van der Waals surface area contributed by atoms with Crippen LogP contribution in [0, 0.1) is 6.92 Å². The summed E-state index contributed by atoms with van der Waals surface area (Å²) in [5.41, 5.74) is -0.446. The molecule has 0 aromatic heterocycles. The summed E-state index contributed by atoms with van der Waals surface area (Å²) in [6.45, 7) is 2.33. The molecule has 1 aromatic rings. The van der Waals surface area contributed by atoms with Gasteiger partial charge in [-0.25, -0.2) is 8.42 Å². The van der Waals surface area contributed by atoms with Crippen molar-refractivity contribution in [3.63, 3.8) is 0 Å². The van der Waals surface area contributed by atoms with E-state index in [4.69, 9.17) is 0 Å². The van der Waals surface area contributed by atoms with E-state index in [9.17, 15) is 21.6 Å². The van der Waals surface area contributed by atoms with Crippen molar-refractivity contribution in [1.29, 1.82) is 0 Å². The van der Waals surface area contributed by atoms with Gasteiger partial charge in [0.2, 0.25) is 10.0 Å². The Hall–Kier alpha value is -1.28. The molecule has 118 valence electrons. The third-order valence-corrected chi connectivity index (χ3v) is 4.79. The Labute approximate surface area is 121 Å².